The number of hydrogen-bond donors (Lipinski definition) is 0. The van der Waals surface area contributed by atoms with Gasteiger partial charge < -0.3 is 18.8 Å². The van der Waals surface area contributed by atoms with E-state index >= 15 is 0 Å². The molecule has 1 radical (unpaired) electrons. The first kappa shape index (κ1) is 15.7. The van der Waals surface area contributed by atoms with Crippen molar-refractivity contribution in [2.45, 2.75) is 0 Å². The van der Waals surface area contributed by atoms with Gasteiger partial charge in [-0.2, -0.15) is 0 Å². The minimum Gasteiger partial charge on any atom is -0.526 e. The molecule has 0 aliphatic carbocycles. The van der Waals surface area contributed by atoms with Gasteiger partial charge in [0.2, 0.25) is 0 Å². The number of hydrogen-bond acceptors (Lipinski definition) is 4. The maximum atomic E-state index is 5.94. The molecule has 0 aliphatic heterocycles. The zero-order chi connectivity index (χ0) is 15.2. The lowest BCUT2D eigenvalue weighted by Gasteiger charge is -2.09. The van der Waals surface area contributed by atoms with Crippen molar-refractivity contribution in [3.63, 3.8) is 0 Å². The van der Waals surface area contributed by atoms with Gasteiger partial charge in [-0.1, -0.05) is 23.2 Å². The second kappa shape index (κ2) is 7.34. The number of methoxy groups -OCH3 is 2. The third-order valence-electron chi connectivity index (χ3n) is 2.53. The molecule has 0 amide bonds. The Labute approximate surface area is 133 Å². The maximum Gasteiger partial charge on any atom is 0.658 e. The Balaban J connectivity index is 1.98. The van der Waals surface area contributed by atoms with Gasteiger partial charge in [-0.15, -0.1) is 0 Å². The van der Waals surface area contributed by atoms with E-state index in [0.717, 1.165) is 0 Å². The molecule has 0 aliphatic rings. The summed E-state index contributed by atoms with van der Waals surface area (Å²) < 4.78 is 20.9. The van der Waals surface area contributed by atoms with Crippen LogP contribution in [0.5, 0.6) is 23.0 Å². The fourth-order valence-electron chi connectivity index (χ4n) is 1.58. The number of rotatable bonds is 6. The van der Waals surface area contributed by atoms with Crippen molar-refractivity contribution in [2.24, 2.45) is 0 Å². The van der Waals surface area contributed by atoms with Crippen LogP contribution in [-0.4, -0.2) is 21.9 Å². The Bertz CT molecular complexity index is 568. The Morgan fingerprint density at radius 3 is 1.43 bits per heavy atom. The smallest absolute Gasteiger partial charge is 0.526 e. The first-order valence-corrected chi connectivity index (χ1v) is 6.70. The summed E-state index contributed by atoms with van der Waals surface area (Å²) >= 11 is 11.9. The summed E-state index contributed by atoms with van der Waals surface area (Å²) in [6.07, 6.45) is 0. The molecule has 0 unspecified atom stereocenters. The lowest BCUT2D eigenvalue weighted by atomic mass is 10.2. The summed E-state index contributed by atoms with van der Waals surface area (Å²) in [7, 11) is 4.28. The largest absolute Gasteiger partial charge is 0.658 e. The Kier molecular flexibility index (Phi) is 5.48. The van der Waals surface area contributed by atoms with Crippen LogP contribution < -0.4 is 18.8 Å². The van der Waals surface area contributed by atoms with Crippen molar-refractivity contribution in [3.05, 3.63) is 46.4 Å². The van der Waals surface area contributed by atoms with Crippen LogP contribution in [0.25, 0.3) is 0 Å². The molecule has 0 fully saturated rings. The van der Waals surface area contributed by atoms with Gasteiger partial charge in [0, 0.05) is 22.2 Å². The van der Waals surface area contributed by atoms with Gasteiger partial charge >= 0.3 is 7.69 Å². The van der Waals surface area contributed by atoms with Crippen molar-refractivity contribution in [1.82, 2.24) is 0 Å². The van der Waals surface area contributed by atoms with Crippen LogP contribution >= 0.6 is 23.2 Å². The van der Waals surface area contributed by atoms with Crippen LogP contribution in [0.15, 0.2) is 36.4 Å². The molecule has 0 N–H and O–H groups in total. The summed E-state index contributed by atoms with van der Waals surface area (Å²) in [5.74, 6) is 2.17. The van der Waals surface area contributed by atoms with E-state index in [0.29, 0.717) is 33.0 Å². The molecule has 0 heterocycles. The SMILES string of the molecule is COc1cc(Cl)cc(O[B]Oc2cc(Cl)cc(OC)c2)c1. The summed E-state index contributed by atoms with van der Waals surface area (Å²) in [4.78, 5) is 0. The molecule has 7 heteroatoms. The van der Waals surface area contributed by atoms with Gasteiger partial charge in [-0.3, -0.25) is 0 Å². The van der Waals surface area contributed by atoms with E-state index in [1.165, 1.54) is 7.69 Å². The standard InChI is InChI=1S/C14H12BCl2O4/c1-18-11-3-9(16)5-13(7-11)20-15-21-14-6-10(17)4-12(8-14)19-2/h3-8H,1-2H3. The highest BCUT2D eigenvalue weighted by Gasteiger charge is 2.07. The molecular formula is C14H12BCl2O4. The van der Waals surface area contributed by atoms with Gasteiger partial charge in [-0.25, -0.2) is 0 Å². The first-order chi connectivity index (χ1) is 10.1. The Morgan fingerprint density at radius 1 is 0.667 bits per heavy atom. The van der Waals surface area contributed by atoms with E-state index in [1.807, 2.05) is 0 Å². The van der Waals surface area contributed by atoms with E-state index < -0.39 is 0 Å². The van der Waals surface area contributed by atoms with Crippen LogP contribution in [0.3, 0.4) is 0 Å². The Hall–Kier alpha value is -1.72. The van der Waals surface area contributed by atoms with Gasteiger partial charge in [-0.05, 0) is 24.3 Å². The molecule has 0 aromatic heterocycles. The molecule has 0 spiro atoms. The molecule has 0 saturated carbocycles. The van der Waals surface area contributed by atoms with Crippen LogP contribution in [0, 0.1) is 0 Å². The highest BCUT2D eigenvalue weighted by molar-refractivity contribution is 6.31. The predicted octanol–water partition coefficient (Wildman–Crippen LogP) is 4.00. The third-order valence-corrected chi connectivity index (χ3v) is 2.97. The molecule has 109 valence electrons. The zero-order valence-electron chi connectivity index (χ0n) is 11.4. The van der Waals surface area contributed by atoms with Gasteiger partial charge in [0.1, 0.15) is 23.0 Å². The number of benzene rings is 2. The predicted molar refractivity (Wildman–Crippen MR) is 83.0 cm³/mol. The molecule has 2 aromatic carbocycles. The van der Waals surface area contributed by atoms with Gasteiger partial charge in [0.05, 0.1) is 14.2 Å². The average Bonchev–Trinajstić information content (AvgIpc) is 2.46. The normalized spacial score (nSPS) is 9.90. The zero-order valence-corrected chi connectivity index (χ0v) is 12.9. The van der Waals surface area contributed by atoms with Crippen molar-refractivity contribution >= 4 is 30.9 Å². The molecular weight excluding hydrogens is 314 g/mol. The fraction of sp³-hybridized carbons (Fsp3) is 0.143. The number of ether oxygens (including phenoxy) is 2. The van der Waals surface area contributed by atoms with Crippen LogP contribution in [0.2, 0.25) is 10.0 Å². The van der Waals surface area contributed by atoms with E-state index in [-0.39, 0.29) is 0 Å². The second-order valence-corrected chi connectivity index (χ2v) is 4.86. The minimum absolute atomic E-state index is 0.494. The molecule has 0 bridgehead atoms. The molecule has 2 rings (SSSR count). The van der Waals surface area contributed by atoms with Gasteiger partial charge in [0.25, 0.3) is 0 Å². The average molecular weight is 326 g/mol. The molecule has 0 saturated heterocycles. The van der Waals surface area contributed by atoms with E-state index in [2.05, 4.69) is 0 Å². The summed E-state index contributed by atoms with van der Waals surface area (Å²) in [6, 6.07) is 10.0. The quantitative estimate of drug-likeness (QED) is 0.752. The van der Waals surface area contributed by atoms with E-state index in [9.17, 15) is 0 Å². The van der Waals surface area contributed by atoms with Crippen molar-refractivity contribution < 1.29 is 18.8 Å². The first-order valence-electron chi connectivity index (χ1n) is 5.95. The monoisotopic (exact) mass is 325 g/mol. The van der Waals surface area contributed by atoms with E-state index in [1.54, 1.807) is 50.6 Å². The number of halogens is 2. The second-order valence-electron chi connectivity index (χ2n) is 3.99. The molecule has 4 nitrogen and oxygen atoms in total. The van der Waals surface area contributed by atoms with Crippen LogP contribution in [-0.2, 0) is 0 Å². The highest BCUT2D eigenvalue weighted by atomic mass is 35.5. The van der Waals surface area contributed by atoms with Crippen LogP contribution in [0.1, 0.15) is 0 Å². The van der Waals surface area contributed by atoms with Crippen LogP contribution in [0.4, 0.5) is 0 Å². The lowest BCUT2D eigenvalue weighted by Crippen LogP contribution is -2.11. The third kappa shape index (κ3) is 4.65. The fourth-order valence-corrected chi connectivity index (χ4v) is 2.01. The summed E-state index contributed by atoms with van der Waals surface area (Å²) in [5, 5.41) is 1.00. The highest BCUT2D eigenvalue weighted by Crippen LogP contribution is 2.27. The van der Waals surface area contributed by atoms with Gasteiger partial charge in [0.15, 0.2) is 0 Å². The summed E-state index contributed by atoms with van der Waals surface area (Å²) in [6.45, 7) is 0. The van der Waals surface area contributed by atoms with Crippen molar-refractivity contribution in [2.75, 3.05) is 14.2 Å². The van der Waals surface area contributed by atoms with Crippen molar-refractivity contribution in [3.8, 4) is 23.0 Å². The molecule has 2 aromatic rings. The maximum absolute atomic E-state index is 5.94. The van der Waals surface area contributed by atoms with Crippen molar-refractivity contribution in [1.29, 1.82) is 0 Å². The van der Waals surface area contributed by atoms with E-state index in [4.69, 9.17) is 42.0 Å². The minimum atomic E-state index is 0.494. The topological polar surface area (TPSA) is 36.9 Å². The molecule has 0 atom stereocenters. The molecule has 21 heavy (non-hydrogen) atoms. The lowest BCUT2D eigenvalue weighted by molar-refractivity contribution is 0.406. The summed E-state index contributed by atoms with van der Waals surface area (Å²) in [5.41, 5.74) is 0. The Morgan fingerprint density at radius 2 is 1.05 bits per heavy atom.